The zero-order valence-electron chi connectivity index (χ0n) is 11.0. The van der Waals surface area contributed by atoms with Crippen LogP contribution < -0.4 is 0 Å². The summed E-state index contributed by atoms with van der Waals surface area (Å²) in [4.78, 5) is 15.3. The molecule has 3 heteroatoms. The van der Waals surface area contributed by atoms with Crippen LogP contribution in [0.15, 0.2) is 47.5 Å². The Kier molecular flexibility index (Phi) is 5.85. The van der Waals surface area contributed by atoms with Crippen molar-refractivity contribution in [1.82, 2.24) is 0 Å². The molecule has 0 radical (unpaired) electrons. The Labute approximate surface area is 108 Å². The summed E-state index contributed by atoms with van der Waals surface area (Å²) in [6.07, 6.45) is 5.00. The second-order valence-corrected chi connectivity index (χ2v) is 4.22. The summed E-state index contributed by atoms with van der Waals surface area (Å²) < 4.78 is 5.26. The van der Waals surface area contributed by atoms with E-state index in [1.54, 1.807) is 12.3 Å². The van der Waals surface area contributed by atoms with Crippen molar-refractivity contribution in [3.05, 3.63) is 48.0 Å². The minimum absolute atomic E-state index is 0.263. The van der Waals surface area contributed by atoms with Crippen molar-refractivity contribution in [3.63, 3.8) is 0 Å². The maximum Gasteiger partial charge on any atom is 0.303 e. The Hall–Kier alpha value is -1.90. The van der Waals surface area contributed by atoms with Crippen LogP contribution in [0.3, 0.4) is 0 Å². The molecule has 0 saturated carbocycles. The second-order valence-electron chi connectivity index (χ2n) is 4.22. The van der Waals surface area contributed by atoms with Gasteiger partial charge in [-0.05, 0) is 31.6 Å². The topological polar surface area (TPSA) is 38.7 Å². The summed E-state index contributed by atoms with van der Waals surface area (Å²) in [7, 11) is 0. The van der Waals surface area contributed by atoms with Gasteiger partial charge < -0.3 is 4.74 Å². The van der Waals surface area contributed by atoms with Crippen molar-refractivity contribution >= 4 is 12.2 Å². The SMILES string of the molecule is CC(=O)O[C@@H](/C=C/C=NC(C)C)c1ccccc1. The van der Waals surface area contributed by atoms with E-state index in [2.05, 4.69) is 4.99 Å². The highest BCUT2D eigenvalue weighted by Gasteiger charge is 2.09. The summed E-state index contributed by atoms with van der Waals surface area (Å²) in [5.74, 6) is -0.297. The van der Waals surface area contributed by atoms with Gasteiger partial charge >= 0.3 is 5.97 Å². The Bertz CT molecular complexity index is 421. The molecule has 0 spiro atoms. The smallest absolute Gasteiger partial charge is 0.303 e. The Morgan fingerprint density at radius 2 is 1.94 bits per heavy atom. The lowest BCUT2D eigenvalue weighted by molar-refractivity contribution is -0.144. The maximum atomic E-state index is 11.1. The summed E-state index contributed by atoms with van der Waals surface area (Å²) in [5, 5.41) is 0. The largest absolute Gasteiger partial charge is 0.453 e. The second kappa shape index (κ2) is 7.43. The van der Waals surface area contributed by atoms with E-state index in [1.807, 2.05) is 50.3 Å². The van der Waals surface area contributed by atoms with Crippen LogP contribution in [0, 0.1) is 0 Å². The van der Waals surface area contributed by atoms with Gasteiger partial charge in [0.05, 0.1) is 0 Å². The monoisotopic (exact) mass is 245 g/mol. The van der Waals surface area contributed by atoms with Crippen molar-refractivity contribution in [2.45, 2.75) is 32.9 Å². The summed E-state index contributed by atoms with van der Waals surface area (Å²) in [5.41, 5.74) is 0.946. The highest BCUT2D eigenvalue weighted by Crippen LogP contribution is 2.18. The van der Waals surface area contributed by atoms with Gasteiger partial charge in [-0.3, -0.25) is 9.79 Å². The highest BCUT2D eigenvalue weighted by atomic mass is 16.5. The highest BCUT2D eigenvalue weighted by molar-refractivity contribution is 5.71. The first-order chi connectivity index (χ1) is 8.59. The van der Waals surface area contributed by atoms with Crippen LogP contribution >= 0.6 is 0 Å². The molecule has 1 aromatic rings. The van der Waals surface area contributed by atoms with E-state index >= 15 is 0 Å². The van der Waals surface area contributed by atoms with E-state index < -0.39 is 0 Å². The van der Waals surface area contributed by atoms with Gasteiger partial charge in [0, 0.05) is 19.2 Å². The zero-order valence-corrected chi connectivity index (χ0v) is 11.0. The van der Waals surface area contributed by atoms with Crippen LogP contribution in [-0.4, -0.2) is 18.2 Å². The molecule has 3 nitrogen and oxygen atoms in total. The molecule has 0 aliphatic heterocycles. The molecule has 18 heavy (non-hydrogen) atoms. The van der Waals surface area contributed by atoms with E-state index in [0.717, 1.165) is 5.56 Å². The van der Waals surface area contributed by atoms with Crippen LogP contribution in [0.25, 0.3) is 0 Å². The molecule has 1 rings (SSSR count). The number of hydrogen-bond acceptors (Lipinski definition) is 3. The van der Waals surface area contributed by atoms with E-state index in [1.165, 1.54) is 6.92 Å². The van der Waals surface area contributed by atoms with Gasteiger partial charge in [-0.15, -0.1) is 0 Å². The fourth-order valence-electron chi connectivity index (χ4n) is 1.41. The molecule has 0 aromatic heterocycles. The standard InChI is InChI=1S/C15H19NO2/c1-12(2)16-11-7-10-15(18-13(3)17)14-8-5-4-6-9-14/h4-12,15H,1-3H3/b10-7+,16-11?/t15-/m0/s1. The fourth-order valence-corrected chi connectivity index (χ4v) is 1.41. The van der Waals surface area contributed by atoms with Gasteiger partial charge in [0.15, 0.2) is 0 Å². The molecule has 96 valence electrons. The lowest BCUT2D eigenvalue weighted by Crippen LogP contribution is -2.06. The van der Waals surface area contributed by atoms with Crippen LogP contribution in [0.1, 0.15) is 32.4 Å². The third-order valence-electron chi connectivity index (χ3n) is 2.18. The lowest BCUT2D eigenvalue weighted by Gasteiger charge is -2.12. The number of allylic oxidation sites excluding steroid dienone is 1. The zero-order chi connectivity index (χ0) is 13.4. The summed E-state index contributed by atoms with van der Waals surface area (Å²) in [6.45, 7) is 5.42. The quantitative estimate of drug-likeness (QED) is 0.589. The van der Waals surface area contributed by atoms with E-state index in [4.69, 9.17) is 4.74 Å². The van der Waals surface area contributed by atoms with Crippen molar-refractivity contribution in [1.29, 1.82) is 0 Å². The minimum atomic E-state index is -0.359. The van der Waals surface area contributed by atoms with Crippen LogP contribution in [0.5, 0.6) is 0 Å². The van der Waals surface area contributed by atoms with Gasteiger partial charge in [0.2, 0.25) is 0 Å². The van der Waals surface area contributed by atoms with E-state index in [9.17, 15) is 4.79 Å². The number of rotatable bonds is 5. The average Bonchev–Trinajstić information content (AvgIpc) is 2.33. The van der Waals surface area contributed by atoms with E-state index in [0.29, 0.717) is 0 Å². The van der Waals surface area contributed by atoms with Crippen molar-refractivity contribution in [2.75, 3.05) is 0 Å². The van der Waals surface area contributed by atoms with Gasteiger partial charge in [0.25, 0.3) is 0 Å². The van der Waals surface area contributed by atoms with Gasteiger partial charge in [-0.1, -0.05) is 30.3 Å². The van der Waals surface area contributed by atoms with Crippen LogP contribution in [0.4, 0.5) is 0 Å². The molecule has 1 atom stereocenters. The van der Waals surface area contributed by atoms with Gasteiger partial charge in [-0.2, -0.15) is 0 Å². The number of esters is 1. The molecule has 0 aliphatic rings. The fraction of sp³-hybridized carbons (Fsp3) is 0.333. The van der Waals surface area contributed by atoms with Crippen LogP contribution in [0.2, 0.25) is 0 Å². The first-order valence-electron chi connectivity index (χ1n) is 6.01. The molecule has 0 amide bonds. The van der Waals surface area contributed by atoms with Crippen LogP contribution in [-0.2, 0) is 9.53 Å². The molecule has 0 unspecified atom stereocenters. The number of carbonyl (C=O) groups excluding carboxylic acids is 1. The number of carbonyl (C=O) groups is 1. The first kappa shape index (κ1) is 14.2. The summed E-state index contributed by atoms with van der Waals surface area (Å²) >= 11 is 0. The van der Waals surface area contributed by atoms with Gasteiger partial charge in [0.1, 0.15) is 6.10 Å². The van der Waals surface area contributed by atoms with Gasteiger partial charge in [-0.25, -0.2) is 0 Å². The Balaban J connectivity index is 2.77. The third kappa shape index (κ3) is 5.43. The van der Waals surface area contributed by atoms with E-state index in [-0.39, 0.29) is 18.1 Å². The predicted octanol–water partition coefficient (Wildman–Crippen LogP) is 3.33. The number of aliphatic imine (C=N–C) groups is 1. The van der Waals surface area contributed by atoms with Crippen molar-refractivity contribution in [2.24, 2.45) is 4.99 Å². The Morgan fingerprint density at radius 3 is 2.50 bits per heavy atom. The summed E-state index contributed by atoms with van der Waals surface area (Å²) in [6, 6.07) is 9.88. The van der Waals surface area contributed by atoms with Crippen molar-refractivity contribution < 1.29 is 9.53 Å². The predicted molar refractivity (Wildman–Crippen MR) is 73.7 cm³/mol. The molecular formula is C15H19NO2. The number of ether oxygens (including phenoxy) is 1. The normalized spacial score (nSPS) is 13.3. The molecule has 1 aromatic carbocycles. The molecule has 0 heterocycles. The average molecular weight is 245 g/mol. The molecule has 0 fully saturated rings. The number of nitrogens with zero attached hydrogens (tertiary/aromatic N) is 1. The first-order valence-corrected chi connectivity index (χ1v) is 6.01. The molecular weight excluding hydrogens is 226 g/mol. The number of benzene rings is 1. The molecule has 0 saturated heterocycles. The minimum Gasteiger partial charge on any atom is -0.453 e. The molecule has 0 N–H and O–H groups in total. The Morgan fingerprint density at radius 1 is 1.28 bits per heavy atom. The molecule has 0 aliphatic carbocycles. The maximum absolute atomic E-state index is 11.1. The lowest BCUT2D eigenvalue weighted by atomic mass is 10.1. The third-order valence-corrected chi connectivity index (χ3v) is 2.18. The number of hydrogen-bond donors (Lipinski definition) is 0. The molecule has 0 bridgehead atoms. The van der Waals surface area contributed by atoms with Crippen molar-refractivity contribution in [3.8, 4) is 0 Å².